The fourth-order valence-corrected chi connectivity index (χ4v) is 2.38. The lowest BCUT2D eigenvalue weighted by Crippen LogP contribution is -2.06. The molecular weight excluding hydrogens is 270 g/mol. The predicted molar refractivity (Wildman–Crippen MR) is 92.1 cm³/mol. The van der Waals surface area contributed by atoms with E-state index in [1.807, 2.05) is 18.2 Å². The Kier molecular flexibility index (Phi) is 4.05. The number of aryl methyl sites for hydroxylation is 1. The third-order valence-electron chi connectivity index (χ3n) is 3.72. The van der Waals surface area contributed by atoms with E-state index in [-0.39, 0.29) is 0 Å². The van der Waals surface area contributed by atoms with Crippen LogP contribution in [0.25, 0.3) is 10.9 Å². The smallest absolute Gasteiger partial charge is 0.137 e. The molecule has 0 atom stereocenters. The zero-order valence-electron chi connectivity index (χ0n) is 13.3. The van der Waals surface area contributed by atoms with Crippen molar-refractivity contribution >= 4 is 16.7 Å². The molecule has 1 N–H and O–H groups in total. The number of benzene rings is 2. The van der Waals surface area contributed by atoms with Crippen molar-refractivity contribution in [3.8, 4) is 0 Å². The van der Waals surface area contributed by atoms with Gasteiger partial charge in [0.15, 0.2) is 0 Å². The number of para-hydroxylation sites is 1. The first-order valence-electron chi connectivity index (χ1n) is 7.69. The van der Waals surface area contributed by atoms with E-state index >= 15 is 0 Å². The second-order valence-corrected chi connectivity index (χ2v) is 5.94. The highest BCUT2D eigenvalue weighted by Gasteiger charge is 2.09. The van der Waals surface area contributed by atoms with Crippen LogP contribution in [-0.2, 0) is 6.54 Å². The van der Waals surface area contributed by atoms with Crippen molar-refractivity contribution in [2.75, 3.05) is 5.32 Å². The van der Waals surface area contributed by atoms with Gasteiger partial charge < -0.3 is 5.32 Å². The number of rotatable bonds is 4. The van der Waals surface area contributed by atoms with Crippen LogP contribution in [-0.4, -0.2) is 9.97 Å². The van der Waals surface area contributed by atoms with Gasteiger partial charge in [-0.3, -0.25) is 0 Å². The third kappa shape index (κ3) is 3.08. The molecule has 3 heteroatoms. The second-order valence-electron chi connectivity index (χ2n) is 5.94. The van der Waals surface area contributed by atoms with Gasteiger partial charge in [-0.15, -0.1) is 0 Å². The number of hydrogen-bond acceptors (Lipinski definition) is 3. The topological polar surface area (TPSA) is 37.8 Å². The van der Waals surface area contributed by atoms with Crippen molar-refractivity contribution in [2.45, 2.75) is 33.2 Å². The first-order valence-corrected chi connectivity index (χ1v) is 7.69. The van der Waals surface area contributed by atoms with Crippen molar-refractivity contribution in [1.29, 1.82) is 0 Å². The Morgan fingerprint density at radius 3 is 2.41 bits per heavy atom. The summed E-state index contributed by atoms with van der Waals surface area (Å²) in [5.74, 6) is 2.10. The van der Waals surface area contributed by atoms with Crippen molar-refractivity contribution in [3.05, 3.63) is 65.5 Å². The van der Waals surface area contributed by atoms with Gasteiger partial charge in [-0.1, -0.05) is 55.8 Å². The average molecular weight is 291 g/mol. The van der Waals surface area contributed by atoms with Crippen LogP contribution in [0.5, 0.6) is 0 Å². The van der Waals surface area contributed by atoms with Crippen LogP contribution in [0.2, 0.25) is 0 Å². The standard InChI is InChI=1S/C19H21N3/c1-13(2)18-21-17-7-5-4-6-16(17)19(22-18)20-12-15-10-8-14(3)9-11-15/h4-11,13H,12H2,1-3H3,(H,20,21,22). The minimum Gasteiger partial charge on any atom is -0.365 e. The van der Waals surface area contributed by atoms with E-state index in [4.69, 9.17) is 4.98 Å². The molecule has 0 saturated carbocycles. The van der Waals surface area contributed by atoms with Crippen LogP contribution in [0.4, 0.5) is 5.82 Å². The van der Waals surface area contributed by atoms with Gasteiger partial charge >= 0.3 is 0 Å². The average Bonchev–Trinajstić information content (AvgIpc) is 2.53. The van der Waals surface area contributed by atoms with Gasteiger partial charge in [0.2, 0.25) is 0 Å². The predicted octanol–water partition coefficient (Wildman–Crippen LogP) is 4.67. The summed E-state index contributed by atoms with van der Waals surface area (Å²) in [7, 11) is 0. The summed E-state index contributed by atoms with van der Waals surface area (Å²) in [6, 6.07) is 16.7. The van der Waals surface area contributed by atoms with Gasteiger partial charge in [-0.05, 0) is 24.6 Å². The molecule has 3 nitrogen and oxygen atoms in total. The summed E-state index contributed by atoms with van der Waals surface area (Å²) < 4.78 is 0. The Morgan fingerprint density at radius 2 is 1.68 bits per heavy atom. The lowest BCUT2D eigenvalue weighted by atomic mass is 10.1. The molecule has 0 fully saturated rings. The number of fused-ring (bicyclic) bond motifs is 1. The summed E-state index contributed by atoms with van der Waals surface area (Å²) in [6.07, 6.45) is 0. The summed E-state index contributed by atoms with van der Waals surface area (Å²) in [6.45, 7) is 7.10. The monoisotopic (exact) mass is 291 g/mol. The molecular formula is C19H21N3. The van der Waals surface area contributed by atoms with Crippen molar-refractivity contribution < 1.29 is 0 Å². The number of anilines is 1. The van der Waals surface area contributed by atoms with Crippen molar-refractivity contribution in [1.82, 2.24) is 9.97 Å². The van der Waals surface area contributed by atoms with E-state index in [0.29, 0.717) is 5.92 Å². The molecule has 0 aliphatic rings. The highest BCUT2D eigenvalue weighted by Crippen LogP contribution is 2.23. The van der Waals surface area contributed by atoms with Crippen LogP contribution in [0, 0.1) is 6.92 Å². The molecule has 3 rings (SSSR count). The zero-order chi connectivity index (χ0) is 15.5. The summed E-state index contributed by atoms with van der Waals surface area (Å²) in [5.41, 5.74) is 3.52. The SMILES string of the molecule is Cc1ccc(CNc2nc(C(C)C)nc3ccccc23)cc1. The molecule has 112 valence electrons. The molecule has 0 bridgehead atoms. The number of nitrogens with one attached hydrogen (secondary N) is 1. The summed E-state index contributed by atoms with van der Waals surface area (Å²) in [5, 5.41) is 4.54. The van der Waals surface area contributed by atoms with Crippen LogP contribution < -0.4 is 5.32 Å². The summed E-state index contributed by atoms with van der Waals surface area (Å²) >= 11 is 0. The van der Waals surface area contributed by atoms with Crippen molar-refractivity contribution in [3.63, 3.8) is 0 Å². The van der Waals surface area contributed by atoms with E-state index in [9.17, 15) is 0 Å². The quantitative estimate of drug-likeness (QED) is 0.758. The van der Waals surface area contributed by atoms with E-state index in [1.54, 1.807) is 0 Å². The molecule has 0 amide bonds. The number of aromatic nitrogens is 2. The van der Waals surface area contributed by atoms with Gasteiger partial charge in [0.25, 0.3) is 0 Å². The Morgan fingerprint density at radius 1 is 0.955 bits per heavy atom. The molecule has 0 aliphatic carbocycles. The maximum Gasteiger partial charge on any atom is 0.137 e. The minimum absolute atomic E-state index is 0.310. The van der Waals surface area contributed by atoms with E-state index < -0.39 is 0 Å². The Hall–Kier alpha value is -2.42. The Labute approximate surface area is 131 Å². The first-order chi connectivity index (χ1) is 10.6. The maximum atomic E-state index is 4.71. The van der Waals surface area contributed by atoms with Gasteiger partial charge in [0.1, 0.15) is 11.6 Å². The molecule has 1 heterocycles. The molecule has 0 saturated heterocycles. The highest BCUT2D eigenvalue weighted by molar-refractivity contribution is 5.89. The second kappa shape index (κ2) is 6.14. The largest absolute Gasteiger partial charge is 0.365 e. The highest BCUT2D eigenvalue weighted by atomic mass is 15.0. The van der Waals surface area contributed by atoms with Gasteiger partial charge in [0.05, 0.1) is 5.52 Å². The number of hydrogen-bond donors (Lipinski definition) is 1. The minimum atomic E-state index is 0.310. The lowest BCUT2D eigenvalue weighted by Gasteiger charge is -2.12. The van der Waals surface area contributed by atoms with Crippen LogP contribution in [0.3, 0.4) is 0 Å². The molecule has 1 aromatic heterocycles. The normalized spacial score (nSPS) is 11.1. The molecule has 0 aliphatic heterocycles. The fourth-order valence-electron chi connectivity index (χ4n) is 2.38. The Balaban J connectivity index is 1.93. The van der Waals surface area contributed by atoms with Gasteiger partial charge in [0, 0.05) is 17.8 Å². The molecule has 22 heavy (non-hydrogen) atoms. The van der Waals surface area contributed by atoms with E-state index in [0.717, 1.165) is 29.1 Å². The molecule has 3 aromatic rings. The Bertz CT molecular complexity index is 776. The fraction of sp³-hybridized carbons (Fsp3) is 0.263. The van der Waals surface area contributed by atoms with Gasteiger partial charge in [-0.25, -0.2) is 9.97 Å². The lowest BCUT2D eigenvalue weighted by molar-refractivity contribution is 0.783. The molecule has 2 aromatic carbocycles. The zero-order valence-corrected chi connectivity index (χ0v) is 13.3. The molecule has 0 radical (unpaired) electrons. The van der Waals surface area contributed by atoms with E-state index in [1.165, 1.54) is 11.1 Å². The third-order valence-corrected chi connectivity index (χ3v) is 3.72. The number of nitrogens with zero attached hydrogens (tertiary/aromatic N) is 2. The van der Waals surface area contributed by atoms with Gasteiger partial charge in [-0.2, -0.15) is 0 Å². The molecule has 0 spiro atoms. The van der Waals surface area contributed by atoms with E-state index in [2.05, 4.69) is 61.4 Å². The van der Waals surface area contributed by atoms with Crippen molar-refractivity contribution in [2.24, 2.45) is 0 Å². The van der Waals surface area contributed by atoms with Crippen LogP contribution in [0.1, 0.15) is 36.7 Å². The van der Waals surface area contributed by atoms with Crippen LogP contribution >= 0.6 is 0 Å². The summed E-state index contributed by atoms with van der Waals surface area (Å²) in [4.78, 5) is 9.36. The molecule has 0 unspecified atom stereocenters. The first kappa shape index (κ1) is 14.5. The van der Waals surface area contributed by atoms with Crippen LogP contribution in [0.15, 0.2) is 48.5 Å². The maximum absolute atomic E-state index is 4.71.